The summed E-state index contributed by atoms with van der Waals surface area (Å²) in [6.07, 6.45) is 3.28. The number of anilines is 2. The Morgan fingerprint density at radius 3 is 2.46 bits per heavy atom. The van der Waals surface area contributed by atoms with Crippen LogP contribution < -0.4 is 10.6 Å². The lowest BCUT2D eigenvalue weighted by molar-refractivity contribution is -0.114. The Balaban J connectivity index is 1.90. The first-order valence-electron chi connectivity index (χ1n) is 8.15. The Kier molecular flexibility index (Phi) is 6.01. The summed E-state index contributed by atoms with van der Waals surface area (Å²) >= 11 is 7.58. The number of nitrogens with zero attached hydrogens (tertiary/aromatic N) is 2. The van der Waals surface area contributed by atoms with E-state index < -0.39 is 5.91 Å². The molecule has 9 heteroatoms. The second-order valence-corrected chi connectivity index (χ2v) is 6.95. The zero-order valence-corrected chi connectivity index (χ0v) is 16.6. The van der Waals surface area contributed by atoms with Gasteiger partial charge >= 0.3 is 0 Å². The quantitative estimate of drug-likeness (QED) is 0.594. The Morgan fingerprint density at radius 2 is 1.86 bits per heavy atom. The molecule has 0 spiro atoms. The molecule has 0 aliphatic rings. The first kappa shape index (κ1) is 19.9. The number of hydrogen-bond donors (Lipinski definition) is 2. The van der Waals surface area contributed by atoms with Crippen molar-refractivity contribution >= 4 is 46.6 Å². The molecule has 2 N–H and O–H groups in total. The number of benzene rings is 2. The molecule has 144 valence electrons. The highest BCUT2D eigenvalue weighted by Gasteiger charge is 2.19. The van der Waals surface area contributed by atoms with Crippen LogP contribution in [0.3, 0.4) is 0 Å². The zero-order chi connectivity index (χ0) is 20.3. The Labute approximate surface area is 170 Å². The van der Waals surface area contributed by atoms with Crippen molar-refractivity contribution in [3.63, 3.8) is 0 Å². The number of aromatic nitrogens is 2. The minimum absolute atomic E-state index is 0.222. The summed E-state index contributed by atoms with van der Waals surface area (Å²) in [7, 11) is 0. The normalized spacial score (nSPS) is 10.6. The van der Waals surface area contributed by atoms with E-state index in [4.69, 9.17) is 11.6 Å². The fourth-order valence-electron chi connectivity index (χ4n) is 2.56. The molecule has 0 saturated heterocycles. The third-order valence-corrected chi connectivity index (χ3v) is 4.73. The SMILES string of the molecule is CSc1ncc(C(=O)Nc2ccc(NC(C)=O)cc2Cl)n1-c1ccc(F)cc1. The summed E-state index contributed by atoms with van der Waals surface area (Å²) in [6.45, 7) is 1.39. The molecular formula is C19H16ClFN4O2S. The molecule has 0 aliphatic heterocycles. The summed E-state index contributed by atoms with van der Waals surface area (Å²) < 4.78 is 14.9. The molecule has 0 fully saturated rings. The van der Waals surface area contributed by atoms with Gasteiger partial charge in [-0.25, -0.2) is 9.37 Å². The second kappa shape index (κ2) is 8.45. The lowest BCUT2D eigenvalue weighted by atomic mass is 10.2. The Hall–Kier alpha value is -2.84. The van der Waals surface area contributed by atoms with Gasteiger partial charge < -0.3 is 10.6 Å². The predicted octanol–water partition coefficient (Wildman–Crippen LogP) is 4.60. The molecule has 3 aromatic rings. The van der Waals surface area contributed by atoms with Crippen LogP contribution in [0.5, 0.6) is 0 Å². The molecule has 0 saturated carbocycles. The van der Waals surface area contributed by atoms with Crippen LogP contribution in [0, 0.1) is 5.82 Å². The Morgan fingerprint density at radius 1 is 1.14 bits per heavy atom. The van der Waals surface area contributed by atoms with Crippen molar-refractivity contribution in [1.29, 1.82) is 0 Å². The van der Waals surface area contributed by atoms with Crippen molar-refractivity contribution in [2.45, 2.75) is 12.1 Å². The maximum absolute atomic E-state index is 13.3. The summed E-state index contributed by atoms with van der Waals surface area (Å²) in [6, 6.07) is 10.6. The van der Waals surface area contributed by atoms with Crippen LogP contribution >= 0.6 is 23.4 Å². The van der Waals surface area contributed by atoms with E-state index in [9.17, 15) is 14.0 Å². The first-order chi connectivity index (χ1) is 13.4. The van der Waals surface area contributed by atoms with Gasteiger partial charge in [-0.15, -0.1) is 0 Å². The highest BCUT2D eigenvalue weighted by atomic mass is 35.5. The second-order valence-electron chi connectivity index (χ2n) is 5.77. The fraction of sp³-hybridized carbons (Fsp3) is 0.105. The molecule has 0 aliphatic carbocycles. The number of thioether (sulfide) groups is 1. The van der Waals surface area contributed by atoms with Crippen LogP contribution in [0.15, 0.2) is 53.8 Å². The number of amides is 2. The lowest BCUT2D eigenvalue weighted by Gasteiger charge is -2.12. The van der Waals surface area contributed by atoms with Gasteiger partial charge in [0.15, 0.2) is 5.16 Å². The van der Waals surface area contributed by atoms with Gasteiger partial charge in [0.2, 0.25) is 5.91 Å². The molecular weight excluding hydrogens is 403 g/mol. The van der Waals surface area contributed by atoms with Gasteiger partial charge in [0.1, 0.15) is 11.5 Å². The number of carbonyl (C=O) groups excluding carboxylic acids is 2. The predicted molar refractivity (Wildman–Crippen MR) is 109 cm³/mol. The highest BCUT2D eigenvalue weighted by Crippen LogP contribution is 2.27. The van der Waals surface area contributed by atoms with E-state index in [1.807, 2.05) is 6.26 Å². The standard InChI is InChI=1S/C19H16ClFN4O2S/c1-11(26)23-13-5-8-16(15(20)9-13)24-18(27)17-10-22-19(28-2)25(17)14-6-3-12(21)4-7-14/h3-10H,1-2H3,(H,23,26)(H,24,27). The monoisotopic (exact) mass is 418 g/mol. The molecule has 0 unspecified atom stereocenters. The van der Waals surface area contributed by atoms with Gasteiger partial charge in [0.25, 0.3) is 5.91 Å². The fourth-order valence-corrected chi connectivity index (χ4v) is 3.33. The van der Waals surface area contributed by atoms with Crippen molar-refractivity contribution in [3.05, 3.63) is 65.2 Å². The average Bonchev–Trinajstić information content (AvgIpc) is 3.08. The molecule has 1 aromatic heterocycles. The molecule has 0 atom stereocenters. The minimum atomic E-state index is -0.425. The van der Waals surface area contributed by atoms with E-state index in [0.29, 0.717) is 22.2 Å². The minimum Gasteiger partial charge on any atom is -0.326 e. The molecule has 0 radical (unpaired) electrons. The molecule has 6 nitrogen and oxygen atoms in total. The lowest BCUT2D eigenvalue weighted by Crippen LogP contribution is -2.17. The van der Waals surface area contributed by atoms with Crippen LogP contribution in [0.25, 0.3) is 5.69 Å². The summed E-state index contributed by atoms with van der Waals surface area (Å²) in [5.74, 6) is -1.02. The van der Waals surface area contributed by atoms with Gasteiger partial charge in [-0.2, -0.15) is 0 Å². The van der Waals surface area contributed by atoms with E-state index in [1.54, 1.807) is 34.9 Å². The van der Waals surface area contributed by atoms with E-state index in [-0.39, 0.29) is 22.4 Å². The number of halogens is 2. The molecule has 0 bridgehead atoms. The molecule has 28 heavy (non-hydrogen) atoms. The van der Waals surface area contributed by atoms with Gasteiger partial charge in [0, 0.05) is 18.3 Å². The highest BCUT2D eigenvalue weighted by molar-refractivity contribution is 7.98. The number of imidazole rings is 1. The largest absolute Gasteiger partial charge is 0.326 e. The van der Waals surface area contributed by atoms with Crippen LogP contribution in [0.2, 0.25) is 5.02 Å². The average molecular weight is 419 g/mol. The summed E-state index contributed by atoms with van der Waals surface area (Å²) in [4.78, 5) is 28.2. The zero-order valence-electron chi connectivity index (χ0n) is 15.0. The van der Waals surface area contributed by atoms with Crippen LogP contribution in [-0.2, 0) is 4.79 Å². The third kappa shape index (κ3) is 4.35. The van der Waals surface area contributed by atoms with Crippen LogP contribution in [0.4, 0.5) is 15.8 Å². The van der Waals surface area contributed by atoms with Crippen molar-refractivity contribution in [3.8, 4) is 5.69 Å². The topological polar surface area (TPSA) is 76.0 Å². The summed E-state index contributed by atoms with van der Waals surface area (Å²) in [5.41, 5.74) is 1.80. The van der Waals surface area contributed by atoms with Crippen molar-refractivity contribution in [2.24, 2.45) is 0 Å². The molecule has 2 aromatic carbocycles. The number of hydrogen-bond acceptors (Lipinski definition) is 4. The van der Waals surface area contributed by atoms with E-state index >= 15 is 0 Å². The number of nitrogens with one attached hydrogen (secondary N) is 2. The molecule has 3 rings (SSSR count). The van der Waals surface area contributed by atoms with Gasteiger partial charge in [-0.05, 0) is 48.7 Å². The molecule has 1 heterocycles. The van der Waals surface area contributed by atoms with E-state index in [0.717, 1.165) is 0 Å². The van der Waals surface area contributed by atoms with Crippen molar-refractivity contribution in [1.82, 2.24) is 9.55 Å². The number of carbonyl (C=O) groups is 2. The van der Waals surface area contributed by atoms with Crippen molar-refractivity contribution < 1.29 is 14.0 Å². The van der Waals surface area contributed by atoms with Gasteiger partial charge in [0.05, 0.1) is 16.9 Å². The van der Waals surface area contributed by atoms with Crippen LogP contribution in [0.1, 0.15) is 17.4 Å². The maximum Gasteiger partial charge on any atom is 0.274 e. The maximum atomic E-state index is 13.3. The third-order valence-electron chi connectivity index (χ3n) is 3.77. The first-order valence-corrected chi connectivity index (χ1v) is 9.75. The van der Waals surface area contributed by atoms with E-state index in [2.05, 4.69) is 15.6 Å². The van der Waals surface area contributed by atoms with Crippen molar-refractivity contribution in [2.75, 3.05) is 16.9 Å². The van der Waals surface area contributed by atoms with Crippen LogP contribution in [-0.4, -0.2) is 27.6 Å². The number of rotatable bonds is 5. The van der Waals surface area contributed by atoms with Gasteiger partial charge in [-0.3, -0.25) is 14.2 Å². The summed E-state index contributed by atoms with van der Waals surface area (Å²) in [5, 5.41) is 6.22. The smallest absolute Gasteiger partial charge is 0.274 e. The van der Waals surface area contributed by atoms with Gasteiger partial charge in [-0.1, -0.05) is 23.4 Å². The Bertz CT molecular complexity index is 1040. The van der Waals surface area contributed by atoms with E-state index in [1.165, 1.54) is 37.0 Å². The molecule has 2 amide bonds.